The van der Waals surface area contributed by atoms with Crippen LogP contribution in [0.25, 0.3) is 70.7 Å². The number of rotatable bonds is 5. The van der Waals surface area contributed by atoms with Crippen LogP contribution in [0.4, 0.5) is 16.4 Å². The molecule has 0 unspecified atom stereocenters. The lowest BCUT2D eigenvalue weighted by atomic mass is 9.90. The maximum Gasteiger partial charge on any atom is 0.0972 e. The largest absolute Gasteiger partial charge is 0.371 e. The molecule has 1 aliphatic rings. The van der Waals surface area contributed by atoms with Crippen molar-refractivity contribution in [2.45, 2.75) is 0 Å². The normalized spacial score (nSPS) is 12.6. The molecule has 0 amide bonds. The average molecular weight is 657 g/mol. The van der Waals surface area contributed by atoms with Crippen LogP contribution in [0, 0.1) is 0 Å². The highest BCUT2D eigenvalue weighted by molar-refractivity contribution is 7.23. The monoisotopic (exact) mass is 656 g/mol. The summed E-state index contributed by atoms with van der Waals surface area (Å²) in [6.45, 7) is 0.740. The van der Waals surface area contributed by atoms with E-state index in [1.54, 1.807) is 0 Å². The Labute approximate surface area is 295 Å². The van der Waals surface area contributed by atoms with Gasteiger partial charge in [-0.3, -0.25) is 0 Å². The van der Waals surface area contributed by atoms with Gasteiger partial charge >= 0.3 is 0 Å². The van der Waals surface area contributed by atoms with Gasteiger partial charge < -0.3 is 10.2 Å². The van der Waals surface area contributed by atoms with E-state index in [1.165, 1.54) is 80.9 Å². The molecule has 2 heterocycles. The van der Waals surface area contributed by atoms with Crippen LogP contribution in [0.3, 0.4) is 0 Å². The van der Waals surface area contributed by atoms with Gasteiger partial charge in [-0.05, 0) is 97.0 Å². The molecule has 1 N–H and O–H groups in total. The molecule has 0 fully saturated rings. The summed E-state index contributed by atoms with van der Waals surface area (Å²) in [6, 6.07) is 61.9. The highest BCUT2D eigenvalue weighted by atomic mass is 32.1. The van der Waals surface area contributed by atoms with Crippen LogP contribution < -0.4 is 10.2 Å². The quantitative estimate of drug-likeness (QED) is 0.186. The molecule has 10 rings (SSSR count). The number of hydrogen-bond donors (Lipinski definition) is 1. The predicted molar refractivity (Wildman–Crippen MR) is 217 cm³/mol. The van der Waals surface area contributed by atoms with Crippen molar-refractivity contribution >= 4 is 76.2 Å². The second-order valence-electron chi connectivity index (χ2n) is 13.0. The molecule has 0 atom stereocenters. The number of thiophene rings is 1. The first kappa shape index (κ1) is 28.8. The van der Waals surface area contributed by atoms with E-state index < -0.39 is 0 Å². The van der Waals surface area contributed by atoms with E-state index in [2.05, 4.69) is 186 Å². The highest BCUT2D eigenvalue weighted by Gasteiger charge is 2.22. The first-order chi connectivity index (χ1) is 24.8. The van der Waals surface area contributed by atoms with Crippen LogP contribution in [0.1, 0.15) is 5.56 Å². The number of nitrogens with one attached hydrogen (secondary N) is 1. The fraction of sp³-hybridized carbons (Fsp3) is 0.0213. The van der Waals surface area contributed by atoms with Crippen molar-refractivity contribution in [3.8, 4) is 22.3 Å². The van der Waals surface area contributed by atoms with Crippen molar-refractivity contribution in [1.82, 2.24) is 0 Å². The van der Waals surface area contributed by atoms with Crippen molar-refractivity contribution < 1.29 is 0 Å². The molecule has 0 saturated heterocycles. The topological polar surface area (TPSA) is 15.3 Å². The van der Waals surface area contributed by atoms with E-state index in [0.717, 1.165) is 17.9 Å². The van der Waals surface area contributed by atoms with Crippen molar-refractivity contribution in [2.75, 3.05) is 16.8 Å². The minimum atomic E-state index is 0.740. The first-order valence-corrected chi connectivity index (χ1v) is 18.0. The van der Waals surface area contributed by atoms with Crippen molar-refractivity contribution in [1.29, 1.82) is 0 Å². The Hall–Kier alpha value is -6.16. The Balaban J connectivity index is 1.12. The summed E-state index contributed by atoms with van der Waals surface area (Å²) in [5.41, 5.74) is 9.64. The van der Waals surface area contributed by atoms with Gasteiger partial charge in [0.2, 0.25) is 0 Å². The molecule has 2 nitrogen and oxygen atoms in total. The van der Waals surface area contributed by atoms with E-state index in [9.17, 15) is 0 Å². The molecular weight excluding hydrogens is 625 g/mol. The molecule has 9 aromatic rings. The molecular formula is C47H32N2S. The summed E-state index contributed by atoms with van der Waals surface area (Å²) in [4.78, 5) is 2.41. The van der Waals surface area contributed by atoms with Gasteiger partial charge in [0.25, 0.3) is 0 Å². The molecule has 0 saturated carbocycles. The second-order valence-corrected chi connectivity index (χ2v) is 14.0. The Kier molecular flexibility index (Phi) is 6.78. The third-order valence-electron chi connectivity index (χ3n) is 10.1. The van der Waals surface area contributed by atoms with Gasteiger partial charge in [-0.2, -0.15) is 0 Å². The van der Waals surface area contributed by atoms with E-state index in [1.807, 2.05) is 11.3 Å². The number of hydrogen-bond acceptors (Lipinski definition) is 3. The zero-order chi connectivity index (χ0) is 33.0. The van der Waals surface area contributed by atoms with Gasteiger partial charge in [0.15, 0.2) is 0 Å². The minimum Gasteiger partial charge on any atom is -0.371 e. The van der Waals surface area contributed by atoms with Crippen LogP contribution in [-0.2, 0) is 0 Å². The Bertz CT molecular complexity index is 2720. The fourth-order valence-corrected chi connectivity index (χ4v) is 8.76. The van der Waals surface area contributed by atoms with E-state index in [4.69, 9.17) is 0 Å². The Morgan fingerprint density at radius 1 is 0.480 bits per heavy atom. The Morgan fingerprint density at radius 2 is 1.08 bits per heavy atom. The molecule has 0 spiro atoms. The number of benzene rings is 8. The molecule has 0 aliphatic carbocycles. The standard InChI is InChI=1S/C47H32N2S/c1-2-10-31(11-3-1)32-18-23-36(24-19-32)49(38-29-44-41-16-8-9-17-45(41)50-47(44)48-30-38)37-25-20-34(21-26-37)43-28-35-13-5-7-15-40(35)46-39-14-6-4-12-33(39)22-27-42(43)46/h1-29,48H,30H2. The lowest BCUT2D eigenvalue weighted by Crippen LogP contribution is -2.24. The average Bonchev–Trinajstić information content (AvgIpc) is 3.56. The van der Waals surface area contributed by atoms with E-state index in [0.29, 0.717) is 0 Å². The van der Waals surface area contributed by atoms with E-state index in [-0.39, 0.29) is 0 Å². The molecule has 3 heteroatoms. The molecule has 50 heavy (non-hydrogen) atoms. The van der Waals surface area contributed by atoms with Crippen molar-refractivity contribution in [3.05, 3.63) is 181 Å². The highest BCUT2D eigenvalue weighted by Crippen LogP contribution is 2.43. The predicted octanol–water partition coefficient (Wildman–Crippen LogP) is 13.3. The van der Waals surface area contributed by atoms with E-state index >= 15 is 0 Å². The Morgan fingerprint density at radius 3 is 1.84 bits per heavy atom. The third-order valence-corrected chi connectivity index (χ3v) is 11.2. The summed E-state index contributed by atoms with van der Waals surface area (Å²) < 4.78 is 1.31. The maximum absolute atomic E-state index is 3.76. The summed E-state index contributed by atoms with van der Waals surface area (Å²) >= 11 is 1.83. The van der Waals surface area contributed by atoms with Gasteiger partial charge in [0.05, 0.1) is 11.5 Å². The lowest BCUT2D eigenvalue weighted by molar-refractivity contribution is 1.09. The molecule has 236 valence electrons. The minimum absolute atomic E-state index is 0.740. The maximum atomic E-state index is 3.76. The van der Waals surface area contributed by atoms with Gasteiger partial charge in [-0.25, -0.2) is 0 Å². The van der Waals surface area contributed by atoms with Gasteiger partial charge in [-0.15, -0.1) is 11.3 Å². The van der Waals surface area contributed by atoms with Gasteiger partial charge in [0.1, 0.15) is 0 Å². The van der Waals surface area contributed by atoms with Crippen LogP contribution >= 0.6 is 11.3 Å². The summed E-state index contributed by atoms with van der Waals surface area (Å²) in [7, 11) is 0. The second kappa shape index (κ2) is 11.8. The van der Waals surface area contributed by atoms with Crippen LogP contribution in [-0.4, -0.2) is 6.54 Å². The fourth-order valence-electron chi connectivity index (χ4n) is 7.69. The lowest BCUT2D eigenvalue weighted by Gasteiger charge is -2.30. The molecule has 0 radical (unpaired) electrons. The molecule has 8 aromatic carbocycles. The van der Waals surface area contributed by atoms with Crippen LogP contribution in [0.5, 0.6) is 0 Å². The van der Waals surface area contributed by atoms with Crippen molar-refractivity contribution in [2.24, 2.45) is 0 Å². The zero-order valence-electron chi connectivity index (χ0n) is 27.3. The smallest absolute Gasteiger partial charge is 0.0972 e. The zero-order valence-corrected chi connectivity index (χ0v) is 28.1. The number of fused-ring (bicyclic) bond motifs is 8. The number of anilines is 3. The third kappa shape index (κ3) is 4.78. The van der Waals surface area contributed by atoms with Crippen LogP contribution in [0.2, 0.25) is 0 Å². The van der Waals surface area contributed by atoms with Crippen LogP contribution in [0.15, 0.2) is 176 Å². The molecule has 1 aromatic heterocycles. The first-order valence-electron chi connectivity index (χ1n) is 17.1. The molecule has 0 bridgehead atoms. The van der Waals surface area contributed by atoms with Crippen molar-refractivity contribution in [3.63, 3.8) is 0 Å². The van der Waals surface area contributed by atoms with Gasteiger partial charge in [0, 0.05) is 32.7 Å². The molecule has 1 aliphatic heterocycles. The SMILES string of the molecule is C1=C(N(c2ccc(-c3ccccc3)cc2)c2ccc(-c3cc4ccccc4c4c3ccc3ccccc34)cc2)CNc2sc3ccccc3c21. The summed E-state index contributed by atoms with van der Waals surface area (Å²) in [6.07, 6.45) is 2.38. The summed E-state index contributed by atoms with van der Waals surface area (Å²) in [5.74, 6) is 0. The summed E-state index contributed by atoms with van der Waals surface area (Å²) in [5, 5.41) is 14.0. The number of nitrogens with zero attached hydrogens (tertiary/aromatic N) is 1. The van der Waals surface area contributed by atoms with Gasteiger partial charge in [-0.1, -0.05) is 133 Å².